The van der Waals surface area contributed by atoms with E-state index in [4.69, 9.17) is 18.9 Å². The van der Waals surface area contributed by atoms with Crippen molar-refractivity contribution in [2.75, 3.05) is 21.3 Å². The fourth-order valence-electron chi connectivity index (χ4n) is 1.94. The van der Waals surface area contributed by atoms with Crippen LogP contribution in [-0.4, -0.2) is 27.3 Å². The molecule has 0 atom stereocenters. The van der Waals surface area contributed by atoms with E-state index in [0.29, 0.717) is 28.6 Å². The van der Waals surface area contributed by atoms with Crippen LogP contribution < -0.4 is 18.9 Å². The monoisotopic (exact) mass is 302 g/mol. The van der Waals surface area contributed by atoms with Crippen molar-refractivity contribution in [2.45, 2.75) is 6.92 Å². The highest BCUT2D eigenvalue weighted by atomic mass is 16.6. The van der Waals surface area contributed by atoms with E-state index < -0.39 is 5.97 Å². The van der Waals surface area contributed by atoms with E-state index in [1.807, 2.05) is 13.0 Å². The Morgan fingerprint density at radius 2 is 1.45 bits per heavy atom. The van der Waals surface area contributed by atoms with Crippen molar-refractivity contribution in [3.8, 4) is 23.0 Å². The standard InChI is InChI=1S/C17H18O5/c1-11-5-6-15(16(7-11)21-4)22-17(18)12-8-13(19-2)10-14(9-12)20-3/h5-10H,1-4H3. The number of aryl methyl sites for hydroxylation is 1. The molecule has 2 aromatic carbocycles. The maximum Gasteiger partial charge on any atom is 0.343 e. The van der Waals surface area contributed by atoms with E-state index >= 15 is 0 Å². The van der Waals surface area contributed by atoms with Gasteiger partial charge in [0.05, 0.1) is 26.9 Å². The fraction of sp³-hybridized carbons (Fsp3) is 0.235. The second-order valence-electron chi connectivity index (χ2n) is 4.65. The third-order valence-corrected chi connectivity index (χ3v) is 3.11. The van der Waals surface area contributed by atoms with Gasteiger partial charge in [-0.2, -0.15) is 0 Å². The minimum atomic E-state index is -0.514. The lowest BCUT2D eigenvalue weighted by Crippen LogP contribution is -2.10. The SMILES string of the molecule is COc1cc(OC)cc(C(=O)Oc2ccc(C)cc2OC)c1. The van der Waals surface area contributed by atoms with Gasteiger partial charge in [0.15, 0.2) is 11.5 Å². The maximum absolute atomic E-state index is 12.3. The van der Waals surface area contributed by atoms with E-state index in [2.05, 4.69) is 0 Å². The molecule has 0 radical (unpaired) electrons. The van der Waals surface area contributed by atoms with Gasteiger partial charge in [-0.25, -0.2) is 4.79 Å². The first-order valence-corrected chi connectivity index (χ1v) is 6.67. The van der Waals surface area contributed by atoms with Gasteiger partial charge in [-0.3, -0.25) is 0 Å². The van der Waals surface area contributed by atoms with Crippen LogP contribution in [0, 0.1) is 6.92 Å². The summed E-state index contributed by atoms with van der Waals surface area (Å²) < 4.78 is 20.9. The molecule has 0 aliphatic rings. The average molecular weight is 302 g/mol. The summed E-state index contributed by atoms with van der Waals surface area (Å²) in [4.78, 5) is 12.3. The molecule has 0 saturated heterocycles. The molecule has 22 heavy (non-hydrogen) atoms. The zero-order valence-corrected chi connectivity index (χ0v) is 13.0. The number of hydrogen-bond donors (Lipinski definition) is 0. The fourth-order valence-corrected chi connectivity index (χ4v) is 1.94. The number of benzene rings is 2. The molecule has 0 N–H and O–H groups in total. The molecule has 0 amide bonds. The van der Waals surface area contributed by atoms with Crippen LogP contribution in [0.25, 0.3) is 0 Å². The summed E-state index contributed by atoms with van der Waals surface area (Å²) in [5.74, 6) is 1.38. The molecule has 0 aliphatic heterocycles. The first kappa shape index (κ1) is 15.7. The second kappa shape index (κ2) is 6.85. The summed E-state index contributed by atoms with van der Waals surface area (Å²) in [5, 5.41) is 0. The van der Waals surface area contributed by atoms with E-state index in [9.17, 15) is 4.79 Å². The Kier molecular flexibility index (Phi) is 4.88. The van der Waals surface area contributed by atoms with Crippen LogP contribution in [0.4, 0.5) is 0 Å². The predicted molar refractivity (Wildman–Crippen MR) is 82.2 cm³/mol. The first-order chi connectivity index (χ1) is 10.6. The van der Waals surface area contributed by atoms with Crippen LogP contribution in [-0.2, 0) is 0 Å². The van der Waals surface area contributed by atoms with Crippen molar-refractivity contribution >= 4 is 5.97 Å². The molecular weight excluding hydrogens is 284 g/mol. The first-order valence-electron chi connectivity index (χ1n) is 6.67. The Morgan fingerprint density at radius 3 is 2.00 bits per heavy atom. The van der Waals surface area contributed by atoms with Crippen molar-refractivity contribution in [2.24, 2.45) is 0 Å². The summed E-state index contributed by atoms with van der Waals surface area (Å²) in [6.45, 7) is 1.93. The van der Waals surface area contributed by atoms with Gasteiger partial charge >= 0.3 is 5.97 Å². The molecule has 5 heteroatoms. The zero-order chi connectivity index (χ0) is 16.1. The van der Waals surface area contributed by atoms with Gasteiger partial charge < -0.3 is 18.9 Å². The van der Waals surface area contributed by atoms with Crippen LogP contribution in [0.3, 0.4) is 0 Å². The lowest BCUT2D eigenvalue weighted by atomic mass is 10.2. The molecule has 0 aromatic heterocycles. The Bertz CT molecular complexity index is 656. The van der Waals surface area contributed by atoms with Crippen LogP contribution >= 0.6 is 0 Å². The molecule has 0 unspecified atom stereocenters. The summed E-state index contributed by atoms with van der Waals surface area (Å²) in [7, 11) is 4.57. The number of ether oxygens (including phenoxy) is 4. The summed E-state index contributed by atoms with van der Waals surface area (Å²) in [6.07, 6.45) is 0. The quantitative estimate of drug-likeness (QED) is 0.627. The highest BCUT2D eigenvalue weighted by molar-refractivity contribution is 5.92. The van der Waals surface area contributed by atoms with Gasteiger partial charge in [0.2, 0.25) is 0 Å². The number of rotatable bonds is 5. The van der Waals surface area contributed by atoms with Crippen LogP contribution in [0.5, 0.6) is 23.0 Å². The molecule has 0 aliphatic carbocycles. The normalized spacial score (nSPS) is 10.0. The Hall–Kier alpha value is -2.69. The Balaban J connectivity index is 2.29. The molecule has 0 spiro atoms. The van der Waals surface area contributed by atoms with Gasteiger partial charge in [0.25, 0.3) is 0 Å². The minimum Gasteiger partial charge on any atom is -0.497 e. The molecule has 0 fully saturated rings. The number of esters is 1. The smallest absolute Gasteiger partial charge is 0.343 e. The van der Waals surface area contributed by atoms with E-state index in [0.717, 1.165) is 5.56 Å². The summed E-state index contributed by atoms with van der Waals surface area (Å²) in [5.41, 5.74) is 1.35. The molecule has 116 valence electrons. The van der Waals surface area contributed by atoms with E-state index in [1.54, 1.807) is 30.3 Å². The molecule has 2 rings (SSSR count). The second-order valence-corrected chi connectivity index (χ2v) is 4.65. The molecule has 5 nitrogen and oxygen atoms in total. The van der Waals surface area contributed by atoms with Crippen LogP contribution in [0.1, 0.15) is 15.9 Å². The van der Waals surface area contributed by atoms with Crippen molar-refractivity contribution in [3.05, 3.63) is 47.5 Å². The van der Waals surface area contributed by atoms with Crippen molar-refractivity contribution in [1.82, 2.24) is 0 Å². The van der Waals surface area contributed by atoms with Crippen LogP contribution in [0.15, 0.2) is 36.4 Å². The summed E-state index contributed by atoms with van der Waals surface area (Å²) >= 11 is 0. The Morgan fingerprint density at radius 1 is 0.818 bits per heavy atom. The topological polar surface area (TPSA) is 54.0 Å². The zero-order valence-electron chi connectivity index (χ0n) is 13.0. The number of hydrogen-bond acceptors (Lipinski definition) is 5. The van der Waals surface area contributed by atoms with Gasteiger partial charge in [0.1, 0.15) is 11.5 Å². The Labute approximate surface area is 129 Å². The average Bonchev–Trinajstić information content (AvgIpc) is 2.55. The van der Waals surface area contributed by atoms with Gasteiger partial charge in [0, 0.05) is 6.07 Å². The van der Waals surface area contributed by atoms with Gasteiger partial charge in [-0.1, -0.05) is 6.07 Å². The molecule has 0 heterocycles. The lowest BCUT2D eigenvalue weighted by Gasteiger charge is -2.11. The van der Waals surface area contributed by atoms with E-state index in [1.165, 1.54) is 21.3 Å². The maximum atomic E-state index is 12.3. The largest absolute Gasteiger partial charge is 0.497 e. The number of methoxy groups -OCH3 is 3. The lowest BCUT2D eigenvalue weighted by molar-refractivity contribution is 0.0729. The molecule has 2 aromatic rings. The molecule has 0 bridgehead atoms. The highest BCUT2D eigenvalue weighted by Gasteiger charge is 2.15. The van der Waals surface area contributed by atoms with Gasteiger partial charge in [-0.05, 0) is 36.8 Å². The predicted octanol–water partition coefficient (Wildman–Crippen LogP) is 3.24. The van der Waals surface area contributed by atoms with Gasteiger partial charge in [-0.15, -0.1) is 0 Å². The molecular formula is C17H18O5. The van der Waals surface area contributed by atoms with Crippen molar-refractivity contribution in [3.63, 3.8) is 0 Å². The summed E-state index contributed by atoms with van der Waals surface area (Å²) in [6, 6.07) is 10.2. The molecule has 0 saturated carbocycles. The third-order valence-electron chi connectivity index (χ3n) is 3.11. The third kappa shape index (κ3) is 3.49. The van der Waals surface area contributed by atoms with Crippen molar-refractivity contribution < 1.29 is 23.7 Å². The van der Waals surface area contributed by atoms with Crippen LogP contribution in [0.2, 0.25) is 0 Å². The number of carbonyl (C=O) groups excluding carboxylic acids is 1. The van der Waals surface area contributed by atoms with Crippen molar-refractivity contribution in [1.29, 1.82) is 0 Å². The number of carbonyl (C=O) groups is 1. The van der Waals surface area contributed by atoms with E-state index in [-0.39, 0.29) is 0 Å². The minimum absolute atomic E-state index is 0.332. The highest BCUT2D eigenvalue weighted by Crippen LogP contribution is 2.29.